The highest BCUT2D eigenvalue weighted by Gasteiger charge is 2.26. The molecule has 60 valence electrons. The van der Waals surface area contributed by atoms with E-state index in [0.717, 1.165) is 13.0 Å². The Hall–Kier alpha value is -0.0900. The number of hydrogen-bond acceptors (Lipinski definition) is 3. The fraction of sp³-hybridized carbons (Fsp3) is 1.00. The van der Waals surface area contributed by atoms with Crippen molar-refractivity contribution in [1.29, 1.82) is 0 Å². The molecule has 0 saturated carbocycles. The molecule has 0 aromatic rings. The van der Waals surface area contributed by atoms with E-state index < -0.39 is 9.84 Å². The lowest BCUT2D eigenvalue weighted by molar-refractivity contribution is 0.145. The minimum absolute atomic E-state index is 0.287. The molecule has 0 N–H and O–H groups in total. The van der Waals surface area contributed by atoms with Crippen LogP contribution >= 0.6 is 0 Å². The number of hydrogen-bond donors (Lipinski definition) is 0. The first-order chi connectivity index (χ1) is 4.49. The highest BCUT2D eigenvalue weighted by atomic mass is 32.2. The molecule has 1 unspecified atom stereocenters. The average molecular weight is 163 g/mol. The quantitative estimate of drug-likeness (QED) is 0.562. The second-order valence-electron chi connectivity index (χ2n) is 3.02. The van der Waals surface area contributed by atoms with Crippen molar-refractivity contribution in [3.8, 4) is 0 Å². The third kappa shape index (κ3) is 1.95. The standard InChI is InChI=1S/C6H13NO2S/c1-7-4-3-6(7)5-10(2,8)9/h6H,3-5H2,1-2H3. The molecule has 1 aliphatic heterocycles. The predicted octanol–water partition coefficient (Wildman–Crippen LogP) is -0.265. The van der Waals surface area contributed by atoms with E-state index in [1.165, 1.54) is 6.26 Å². The lowest BCUT2D eigenvalue weighted by atomic mass is 10.1. The van der Waals surface area contributed by atoms with Crippen LogP contribution in [0.5, 0.6) is 0 Å². The maximum Gasteiger partial charge on any atom is 0.148 e. The van der Waals surface area contributed by atoms with E-state index in [1.807, 2.05) is 7.05 Å². The number of nitrogens with zero attached hydrogens (tertiary/aromatic N) is 1. The summed E-state index contributed by atoms with van der Waals surface area (Å²) in [7, 11) is -0.801. The van der Waals surface area contributed by atoms with Crippen LogP contribution in [0.15, 0.2) is 0 Å². The average Bonchev–Trinajstić information content (AvgIpc) is 1.78. The van der Waals surface area contributed by atoms with Crippen molar-refractivity contribution in [2.75, 3.05) is 25.6 Å². The van der Waals surface area contributed by atoms with Gasteiger partial charge in [-0.25, -0.2) is 8.42 Å². The molecule has 0 aromatic carbocycles. The van der Waals surface area contributed by atoms with Crippen molar-refractivity contribution in [2.45, 2.75) is 12.5 Å². The van der Waals surface area contributed by atoms with Gasteiger partial charge < -0.3 is 4.90 Å². The monoisotopic (exact) mass is 163 g/mol. The summed E-state index contributed by atoms with van der Waals surface area (Å²) in [6.45, 7) is 1.04. The van der Waals surface area contributed by atoms with Crippen molar-refractivity contribution in [1.82, 2.24) is 4.90 Å². The molecular weight excluding hydrogens is 150 g/mol. The van der Waals surface area contributed by atoms with Crippen molar-refractivity contribution < 1.29 is 8.42 Å². The molecular formula is C6H13NO2S. The van der Waals surface area contributed by atoms with Gasteiger partial charge in [0, 0.05) is 12.3 Å². The van der Waals surface area contributed by atoms with Crippen LogP contribution in [0, 0.1) is 0 Å². The summed E-state index contributed by atoms with van der Waals surface area (Å²) in [6, 6.07) is 0.287. The van der Waals surface area contributed by atoms with Gasteiger partial charge in [0.05, 0.1) is 5.75 Å². The van der Waals surface area contributed by atoms with E-state index in [4.69, 9.17) is 0 Å². The van der Waals surface area contributed by atoms with E-state index in [9.17, 15) is 8.42 Å². The Morgan fingerprint density at radius 3 is 2.30 bits per heavy atom. The van der Waals surface area contributed by atoms with Crippen LogP contribution < -0.4 is 0 Å². The minimum Gasteiger partial charge on any atom is -0.302 e. The van der Waals surface area contributed by atoms with E-state index >= 15 is 0 Å². The number of likely N-dealkylation sites (tertiary alicyclic amines) is 1. The van der Waals surface area contributed by atoms with E-state index in [2.05, 4.69) is 4.90 Å². The molecule has 10 heavy (non-hydrogen) atoms. The zero-order valence-corrected chi connectivity index (χ0v) is 7.19. The van der Waals surface area contributed by atoms with Gasteiger partial charge in [0.15, 0.2) is 0 Å². The van der Waals surface area contributed by atoms with Gasteiger partial charge in [-0.05, 0) is 20.0 Å². The van der Waals surface area contributed by atoms with E-state index in [1.54, 1.807) is 0 Å². The Kier molecular flexibility index (Phi) is 2.01. The third-order valence-electron chi connectivity index (χ3n) is 1.93. The first-order valence-corrected chi connectivity index (χ1v) is 5.43. The van der Waals surface area contributed by atoms with Crippen LogP contribution in [0.3, 0.4) is 0 Å². The number of sulfone groups is 1. The van der Waals surface area contributed by atoms with E-state index in [0.29, 0.717) is 5.75 Å². The van der Waals surface area contributed by atoms with Gasteiger partial charge in [0.25, 0.3) is 0 Å². The van der Waals surface area contributed by atoms with Crippen molar-refractivity contribution in [2.24, 2.45) is 0 Å². The van der Waals surface area contributed by atoms with Crippen LogP contribution in [0.2, 0.25) is 0 Å². The van der Waals surface area contributed by atoms with Crippen LogP contribution in [0.25, 0.3) is 0 Å². The third-order valence-corrected chi connectivity index (χ3v) is 2.92. The second-order valence-corrected chi connectivity index (χ2v) is 5.20. The van der Waals surface area contributed by atoms with Gasteiger partial charge >= 0.3 is 0 Å². The molecule has 3 nitrogen and oxygen atoms in total. The zero-order valence-electron chi connectivity index (χ0n) is 6.37. The van der Waals surface area contributed by atoms with Gasteiger partial charge in [0.1, 0.15) is 9.84 Å². The fourth-order valence-corrected chi connectivity index (χ4v) is 2.25. The van der Waals surface area contributed by atoms with Gasteiger partial charge in [0.2, 0.25) is 0 Å². The van der Waals surface area contributed by atoms with Crippen LogP contribution in [-0.4, -0.2) is 45.0 Å². The second kappa shape index (κ2) is 2.51. The Morgan fingerprint density at radius 1 is 1.60 bits per heavy atom. The Labute approximate surface area is 61.9 Å². The highest BCUT2D eigenvalue weighted by Crippen LogP contribution is 2.15. The molecule has 1 aliphatic rings. The molecule has 1 rings (SSSR count). The summed E-state index contributed by atoms with van der Waals surface area (Å²) in [4.78, 5) is 2.07. The summed E-state index contributed by atoms with van der Waals surface area (Å²) in [5, 5.41) is 0. The molecule has 4 heteroatoms. The fourth-order valence-electron chi connectivity index (χ4n) is 1.13. The minimum atomic E-state index is -2.76. The molecule has 0 radical (unpaired) electrons. The van der Waals surface area contributed by atoms with Crippen LogP contribution in [0.1, 0.15) is 6.42 Å². The van der Waals surface area contributed by atoms with Crippen molar-refractivity contribution >= 4 is 9.84 Å². The maximum atomic E-state index is 10.8. The first-order valence-electron chi connectivity index (χ1n) is 3.37. The normalized spacial score (nSPS) is 28.0. The molecule has 1 fully saturated rings. The van der Waals surface area contributed by atoms with Gasteiger partial charge in [-0.1, -0.05) is 0 Å². The molecule has 1 heterocycles. The topological polar surface area (TPSA) is 37.4 Å². The lowest BCUT2D eigenvalue weighted by Gasteiger charge is -2.37. The molecule has 0 amide bonds. The molecule has 0 bridgehead atoms. The van der Waals surface area contributed by atoms with Crippen molar-refractivity contribution in [3.05, 3.63) is 0 Å². The van der Waals surface area contributed by atoms with Crippen LogP contribution in [0.4, 0.5) is 0 Å². The highest BCUT2D eigenvalue weighted by molar-refractivity contribution is 7.90. The molecule has 1 atom stereocenters. The van der Waals surface area contributed by atoms with Crippen molar-refractivity contribution in [3.63, 3.8) is 0 Å². The zero-order chi connectivity index (χ0) is 7.78. The summed E-state index contributed by atoms with van der Waals surface area (Å²) in [5.41, 5.74) is 0. The maximum absolute atomic E-state index is 10.8. The smallest absolute Gasteiger partial charge is 0.148 e. The lowest BCUT2D eigenvalue weighted by Crippen LogP contribution is -2.48. The van der Waals surface area contributed by atoms with Gasteiger partial charge in [-0.3, -0.25) is 0 Å². The number of rotatable bonds is 2. The summed E-state index contributed by atoms with van der Waals surface area (Å²) in [5.74, 6) is 0.323. The predicted molar refractivity (Wildman–Crippen MR) is 40.7 cm³/mol. The summed E-state index contributed by atoms with van der Waals surface area (Å²) >= 11 is 0. The molecule has 1 saturated heterocycles. The Morgan fingerprint density at radius 2 is 2.20 bits per heavy atom. The Bertz CT molecular complexity index is 210. The molecule has 0 spiro atoms. The summed E-state index contributed by atoms with van der Waals surface area (Å²) < 4.78 is 21.5. The largest absolute Gasteiger partial charge is 0.302 e. The van der Waals surface area contributed by atoms with E-state index in [-0.39, 0.29) is 6.04 Å². The van der Waals surface area contributed by atoms with Gasteiger partial charge in [-0.15, -0.1) is 0 Å². The SMILES string of the molecule is CN1CCC1CS(C)(=O)=O. The molecule has 0 aromatic heterocycles. The molecule has 0 aliphatic carbocycles. The van der Waals surface area contributed by atoms with Crippen LogP contribution in [-0.2, 0) is 9.84 Å². The first kappa shape index (κ1) is 8.01. The van der Waals surface area contributed by atoms with Gasteiger partial charge in [-0.2, -0.15) is 0 Å². The Balaban J connectivity index is 2.40. The summed E-state index contributed by atoms with van der Waals surface area (Å²) in [6.07, 6.45) is 2.32.